The summed E-state index contributed by atoms with van der Waals surface area (Å²) in [6.45, 7) is 6.09. The molecule has 0 saturated heterocycles. The standard InChI is InChI=1S/C24H20FNO/c1-15-4-6-18(7-5-15)22-14-24(27)21-9-8-19(25)13-23(21)26(22)20-11-16(2)10-17(3)12-20/h4-14H,1-3H3. The normalized spacial score (nSPS) is 11.1. The number of nitrogens with zero attached hydrogens (tertiary/aromatic N) is 1. The predicted molar refractivity (Wildman–Crippen MR) is 109 cm³/mol. The number of benzene rings is 3. The third-order valence-electron chi connectivity index (χ3n) is 4.79. The van der Waals surface area contributed by atoms with Gasteiger partial charge >= 0.3 is 0 Å². The van der Waals surface area contributed by atoms with E-state index in [1.807, 2.05) is 49.6 Å². The van der Waals surface area contributed by atoms with Gasteiger partial charge in [0.15, 0.2) is 5.43 Å². The van der Waals surface area contributed by atoms with E-state index in [9.17, 15) is 9.18 Å². The monoisotopic (exact) mass is 357 g/mol. The molecule has 4 rings (SSSR count). The molecule has 27 heavy (non-hydrogen) atoms. The lowest BCUT2D eigenvalue weighted by Gasteiger charge is -2.19. The van der Waals surface area contributed by atoms with Crippen LogP contribution in [0.4, 0.5) is 4.39 Å². The molecule has 0 saturated carbocycles. The predicted octanol–water partition coefficient (Wildman–Crippen LogP) is 5.72. The number of hydrogen-bond acceptors (Lipinski definition) is 1. The quantitative estimate of drug-likeness (QED) is 0.449. The fourth-order valence-electron chi connectivity index (χ4n) is 3.59. The summed E-state index contributed by atoms with van der Waals surface area (Å²) in [4.78, 5) is 12.7. The van der Waals surface area contributed by atoms with Crippen molar-refractivity contribution in [3.63, 3.8) is 0 Å². The van der Waals surface area contributed by atoms with Gasteiger partial charge in [0.1, 0.15) is 5.82 Å². The van der Waals surface area contributed by atoms with Gasteiger partial charge in [-0.15, -0.1) is 0 Å². The number of hydrogen-bond donors (Lipinski definition) is 0. The molecular weight excluding hydrogens is 337 g/mol. The first-order chi connectivity index (χ1) is 12.9. The van der Waals surface area contributed by atoms with Crippen LogP contribution in [0.15, 0.2) is 71.5 Å². The summed E-state index contributed by atoms with van der Waals surface area (Å²) >= 11 is 0. The number of pyridine rings is 1. The summed E-state index contributed by atoms with van der Waals surface area (Å²) in [6.07, 6.45) is 0. The summed E-state index contributed by atoms with van der Waals surface area (Å²) in [5.41, 5.74) is 6.42. The summed E-state index contributed by atoms with van der Waals surface area (Å²) in [5, 5.41) is 0.506. The molecular formula is C24H20FNO. The van der Waals surface area contributed by atoms with E-state index in [-0.39, 0.29) is 11.2 Å². The number of aryl methyl sites for hydroxylation is 3. The Hall–Kier alpha value is -3.20. The van der Waals surface area contributed by atoms with Crippen molar-refractivity contribution in [3.8, 4) is 16.9 Å². The molecule has 3 aromatic carbocycles. The number of halogens is 1. The number of aromatic nitrogens is 1. The van der Waals surface area contributed by atoms with E-state index in [2.05, 4.69) is 18.2 Å². The molecule has 0 aliphatic heterocycles. The fraction of sp³-hybridized carbons (Fsp3) is 0.125. The first kappa shape index (κ1) is 17.2. The molecule has 1 aromatic heterocycles. The maximum absolute atomic E-state index is 14.1. The Bertz CT molecular complexity index is 1200. The first-order valence-corrected chi connectivity index (χ1v) is 8.93. The second-order valence-electron chi connectivity index (χ2n) is 7.10. The molecule has 1 heterocycles. The van der Waals surface area contributed by atoms with Crippen molar-refractivity contribution in [2.45, 2.75) is 20.8 Å². The van der Waals surface area contributed by atoms with Crippen LogP contribution in [0.3, 0.4) is 0 Å². The Morgan fingerprint density at radius 1 is 0.741 bits per heavy atom. The Morgan fingerprint density at radius 3 is 2.07 bits per heavy atom. The average molecular weight is 357 g/mol. The second kappa shape index (κ2) is 6.51. The van der Waals surface area contributed by atoms with Gasteiger partial charge in [0, 0.05) is 17.1 Å². The lowest BCUT2D eigenvalue weighted by atomic mass is 10.0. The molecule has 0 N–H and O–H groups in total. The van der Waals surface area contributed by atoms with E-state index in [1.165, 1.54) is 12.1 Å². The molecule has 4 aromatic rings. The van der Waals surface area contributed by atoms with Gasteiger partial charge in [0.25, 0.3) is 0 Å². The van der Waals surface area contributed by atoms with Gasteiger partial charge in [0.2, 0.25) is 0 Å². The third-order valence-corrected chi connectivity index (χ3v) is 4.79. The summed E-state index contributed by atoms with van der Waals surface area (Å²) in [6, 6.07) is 20.2. The Morgan fingerprint density at radius 2 is 1.41 bits per heavy atom. The van der Waals surface area contributed by atoms with Crippen molar-refractivity contribution in [3.05, 3.63) is 99.5 Å². The van der Waals surface area contributed by atoms with E-state index in [4.69, 9.17) is 0 Å². The summed E-state index contributed by atoms with van der Waals surface area (Å²) in [7, 11) is 0. The van der Waals surface area contributed by atoms with Gasteiger partial charge in [-0.3, -0.25) is 4.79 Å². The van der Waals surface area contributed by atoms with Crippen LogP contribution in [0.2, 0.25) is 0 Å². The van der Waals surface area contributed by atoms with Crippen LogP contribution in [0.1, 0.15) is 16.7 Å². The zero-order chi connectivity index (χ0) is 19.1. The highest BCUT2D eigenvalue weighted by molar-refractivity contribution is 5.85. The van der Waals surface area contributed by atoms with Crippen LogP contribution in [0.25, 0.3) is 27.8 Å². The minimum atomic E-state index is -0.360. The molecule has 0 amide bonds. The average Bonchev–Trinajstić information content (AvgIpc) is 2.61. The second-order valence-corrected chi connectivity index (χ2v) is 7.10. The van der Waals surface area contributed by atoms with Gasteiger partial charge in [-0.25, -0.2) is 4.39 Å². The van der Waals surface area contributed by atoms with Crippen molar-refractivity contribution >= 4 is 10.9 Å². The van der Waals surface area contributed by atoms with E-state index in [0.717, 1.165) is 33.6 Å². The zero-order valence-electron chi connectivity index (χ0n) is 15.6. The van der Waals surface area contributed by atoms with E-state index in [1.54, 1.807) is 12.1 Å². The Labute approximate surface area is 157 Å². The topological polar surface area (TPSA) is 22.0 Å². The first-order valence-electron chi connectivity index (χ1n) is 8.93. The minimum Gasteiger partial charge on any atom is -0.309 e. The molecule has 0 bridgehead atoms. The molecule has 0 unspecified atom stereocenters. The van der Waals surface area contributed by atoms with Crippen LogP contribution in [0.5, 0.6) is 0 Å². The Kier molecular flexibility index (Phi) is 4.15. The zero-order valence-corrected chi connectivity index (χ0v) is 15.6. The highest BCUT2D eigenvalue weighted by Gasteiger charge is 2.14. The third kappa shape index (κ3) is 3.17. The van der Waals surface area contributed by atoms with Gasteiger partial charge in [-0.1, -0.05) is 35.9 Å². The molecule has 0 fully saturated rings. The van der Waals surface area contributed by atoms with Crippen LogP contribution >= 0.6 is 0 Å². The molecule has 0 radical (unpaired) electrons. The summed E-state index contributed by atoms with van der Waals surface area (Å²) < 4.78 is 16.1. The SMILES string of the molecule is Cc1ccc(-c2cc(=O)c3ccc(F)cc3n2-c2cc(C)cc(C)c2)cc1. The molecule has 134 valence electrons. The minimum absolute atomic E-state index is 0.110. The maximum Gasteiger partial charge on any atom is 0.190 e. The van der Waals surface area contributed by atoms with Crippen molar-refractivity contribution in [2.75, 3.05) is 0 Å². The number of fused-ring (bicyclic) bond motifs is 1. The lowest BCUT2D eigenvalue weighted by Crippen LogP contribution is -2.11. The van der Waals surface area contributed by atoms with Crippen molar-refractivity contribution in [1.82, 2.24) is 4.57 Å². The van der Waals surface area contributed by atoms with Gasteiger partial charge < -0.3 is 4.57 Å². The van der Waals surface area contributed by atoms with Crippen LogP contribution in [-0.2, 0) is 0 Å². The van der Waals surface area contributed by atoms with E-state index in [0.29, 0.717) is 10.9 Å². The van der Waals surface area contributed by atoms with Crippen LogP contribution < -0.4 is 5.43 Å². The highest BCUT2D eigenvalue weighted by Crippen LogP contribution is 2.28. The largest absolute Gasteiger partial charge is 0.309 e. The van der Waals surface area contributed by atoms with Crippen molar-refractivity contribution in [2.24, 2.45) is 0 Å². The van der Waals surface area contributed by atoms with E-state index >= 15 is 0 Å². The van der Waals surface area contributed by atoms with Crippen molar-refractivity contribution < 1.29 is 4.39 Å². The highest BCUT2D eigenvalue weighted by atomic mass is 19.1. The molecule has 0 aliphatic carbocycles. The molecule has 0 atom stereocenters. The van der Waals surface area contributed by atoms with Gasteiger partial charge in [-0.2, -0.15) is 0 Å². The van der Waals surface area contributed by atoms with E-state index < -0.39 is 0 Å². The summed E-state index contributed by atoms with van der Waals surface area (Å²) in [5.74, 6) is -0.360. The maximum atomic E-state index is 14.1. The van der Waals surface area contributed by atoms with Crippen molar-refractivity contribution in [1.29, 1.82) is 0 Å². The van der Waals surface area contributed by atoms with Gasteiger partial charge in [-0.05, 0) is 67.8 Å². The number of rotatable bonds is 2. The molecule has 2 nitrogen and oxygen atoms in total. The smallest absolute Gasteiger partial charge is 0.190 e. The Balaban J connectivity index is 2.16. The van der Waals surface area contributed by atoms with Crippen LogP contribution in [-0.4, -0.2) is 4.57 Å². The molecule has 3 heteroatoms. The lowest BCUT2D eigenvalue weighted by molar-refractivity contribution is 0.629. The molecule has 0 spiro atoms. The van der Waals surface area contributed by atoms with Gasteiger partial charge in [0.05, 0.1) is 11.2 Å². The van der Waals surface area contributed by atoms with Crippen LogP contribution in [0, 0.1) is 26.6 Å². The molecule has 0 aliphatic rings. The fourth-order valence-corrected chi connectivity index (χ4v) is 3.59.